The average molecular weight is 324 g/mol. The minimum absolute atomic E-state index is 0.0787. The van der Waals surface area contributed by atoms with E-state index in [0.717, 1.165) is 11.1 Å². The number of amides is 1. The monoisotopic (exact) mass is 324 g/mol. The van der Waals surface area contributed by atoms with Gasteiger partial charge < -0.3 is 15.0 Å². The van der Waals surface area contributed by atoms with E-state index in [2.05, 4.69) is 5.32 Å². The Balaban J connectivity index is 1.76. The molecule has 1 aromatic heterocycles. The smallest absolute Gasteiger partial charge is 0.272 e. The Labute approximate surface area is 139 Å². The molecule has 0 aliphatic rings. The lowest BCUT2D eigenvalue weighted by Crippen LogP contribution is -2.17. The topological polar surface area (TPSA) is 54.3 Å². The van der Waals surface area contributed by atoms with Crippen LogP contribution in [-0.2, 0) is 13.2 Å². The Morgan fingerprint density at radius 2 is 1.83 bits per heavy atom. The minimum Gasteiger partial charge on any atom is -0.392 e. The first-order valence-corrected chi connectivity index (χ1v) is 7.56. The summed E-state index contributed by atoms with van der Waals surface area (Å²) in [6.45, 7) is 0.400. The predicted molar refractivity (Wildman–Crippen MR) is 90.3 cm³/mol. The molecule has 0 fully saturated rings. The van der Waals surface area contributed by atoms with Crippen LogP contribution in [0, 0.1) is 5.82 Å². The van der Waals surface area contributed by atoms with Gasteiger partial charge in [-0.25, -0.2) is 4.39 Å². The zero-order valence-corrected chi connectivity index (χ0v) is 12.9. The first kappa shape index (κ1) is 16.0. The SMILES string of the molecule is O=C(Nc1cccc(CO)c1)c1cccn1Cc1ccc(F)cc1. The number of carbonyl (C=O) groups excluding carboxylic acids is 1. The van der Waals surface area contributed by atoms with Crippen molar-refractivity contribution in [1.29, 1.82) is 0 Å². The zero-order chi connectivity index (χ0) is 16.9. The van der Waals surface area contributed by atoms with Crippen LogP contribution in [0.3, 0.4) is 0 Å². The Bertz CT molecular complexity index is 841. The van der Waals surface area contributed by atoms with Crippen molar-refractivity contribution in [3.8, 4) is 0 Å². The number of benzene rings is 2. The molecule has 5 heteroatoms. The van der Waals surface area contributed by atoms with E-state index in [9.17, 15) is 9.18 Å². The molecule has 0 saturated heterocycles. The van der Waals surface area contributed by atoms with Gasteiger partial charge in [-0.1, -0.05) is 24.3 Å². The highest BCUT2D eigenvalue weighted by Crippen LogP contribution is 2.14. The second-order valence-corrected chi connectivity index (χ2v) is 5.46. The molecule has 122 valence electrons. The molecule has 3 rings (SSSR count). The van der Waals surface area contributed by atoms with Crippen molar-refractivity contribution in [3.63, 3.8) is 0 Å². The maximum Gasteiger partial charge on any atom is 0.272 e. The van der Waals surface area contributed by atoms with E-state index in [4.69, 9.17) is 5.11 Å². The minimum atomic E-state index is -0.284. The van der Waals surface area contributed by atoms with Crippen LogP contribution in [0.4, 0.5) is 10.1 Å². The van der Waals surface area contributed by atoms with Gasteiger partial charge in [0.15, 0.2) is 0 Å². The van der Waals surface area contributed by atoms with Gasteiger partial charge in [0.2, 0.25) is 0 Å². The van der Waals surface area contributed by atoms with Gasteiger partial charge in [-0.05, 0) is 47.5 Å². The van der Waals surface area contributed by atoms with E-state index >= 15 is 0 Å². The van der Waals surface area contributed by atoms with E-state index in [0.29, 0.717) is 17.9 Å². The second-order valence-electron chi connectivity index (χ2n) is 5.46. The van der Waals surface area contributed by atoms with Crippen LogP contribution in [-0.4, -0.2) is 15.6 Å². The summed E-state index contributed by atoms with van der Waals surface area (Å²) >= 11 is 0. The van der Waals surface area contributed by atoms with Crippen LogP contribution >= 0.6 is 0 Å². The highest BCUT2D eigenvalue weighted by atomic mass is 19.1. The fraction of sp³-hybridized carbons (Fsp3) is 0.105. The van der Waals surface area contributed by atoms with E-state index in [1.54, 1.807) is 53.1 Å². The van der Waals surface area contributed by atoms with Crippen molar-refractivity contribution >= 4 is 11.6 Å². The number of halogens is 1. The molecule has 24 heavy (non-hydrogen) atoms. The van der Waals surface area contributed by atoms with Gasteiger partial charge in [0.25, 0.3) is 5.91 Å². The van der Waals surface area contributed by atoms with Crippen LogP contribution in [0.2, 0.25) is 0 Å². The van der Waals surface area contributed by atoms with Crippen molar-refractivity contribution in [3.05, 3.63) is 89.5 Å². The fourth-order valence-corrected chi connectivity index (χ4v) is 2.49. The third-order valence-corrected chi connectivity index (χ3v) is 3.70. The largest absolute Gasteiger partial charge is 0.392 e. The Hall–Kier alpha value is -2.92. The number of hydrogen-bond donors (Lipinski definition) is 2. The van der Waals surface area contributed by atoms with E-state index < -0.39 is 0 Å². The highest BCUT2D eigenvalue weighted by molar-refractivity contribution is 6.03. The lowest BCUT2D eigenvalue weighted by Gasteiger charge is -2.11. The van der Waals surface area contributed by atoms with Crippen molar-refractivity contribution in [2.24, 2.45) is 0 Å². The molecule has 2 aromatic carbocycles. The maximum absolute atomic E-state index is 13.0. The summed E-state index contributed by atoms with van der Waals surface area (Å²) in [6.07, 6.45) is 1.81. The summed E-state index contributed by atoms with van der Waals surface area (Å²) in [7, 11) is 0. The van der Waals surface area contributed by atoms with Gasteiger partial charge in [-0.3, -0.25) is 4.79 Å². The Kier molecular flexibility index (Phi) is 4.72. The normalized spacial score (nSPS) is 10.6. The molecular weight excluding hydrogens is 307 g/mol. The first-order chi connectivity index (χ1) is 11.7. The number of aromatic nitrogens is 1. The molecule has 1 amide bonds. The number of nitrogens with zero attached hydrogens (tertiary/aromatic N) is 1. The van der Waals surface area contributed by atoms with Gasteiger partial charge >= 0.3 is 0 Å². The molecule has 0 atom stereocenters. The molecule has 0 aliphatic heterocycles. The summed E-state index contributed by atoms with van der Waals surface area (Å²) in [6, 6.07) is 16.8. The summed E-state index contributed by atoms with van der Waals surface area (Å²) in [5.74, 6) is -0.523. The van der Waals surface area contributed by atoms with E-state index in [-0.39, 0.29) is 18.3 Å². The standard InChI is InChI=1S/C19H17FN2O2/c20-16-8-6-14(7-9-16)12-22-10-2-5-18(22)19(24)21-17-4-1-3-15(11-17)13-23/h1-11,23H,12-13H2,(H,21,24). The van der Waals surface area contributed by atoms with Crippen molar-refractivity contribution < 1.29 is 14.3 Å². The zero-order valence-electron chi connectivity index (χ0n) is 12.9. The molecule has 3 aromatic rings. The number of aliphatic hydroxyl groups excluding tert-OH is 1. The lowest BCUT2D eigenvalue weighted by atomic mass is 10.2. The van der Waals surface area contributed by atoms with Crippen LogP contribution in [0.5, 0.6) is 0 Å². The average Bonchev–Trinajstić information content (AvgIpc) is 3.05. The molecule has 0 bridgehead atoms. The Morgan fingerprint density at radius 1 is 1.04 bits per heavy atom. The number of carbonyl (C=O) groups is 1. The van der Waals surface area contributed by atoms with Crippen LogP contribution in [0.1, 0.15) is 21.6 Å². The third-order valence-electron chi connectivity index (χ3n) is 3.70. The molecule has 1 heterocycles. The number of rotatable bonds is 5. The Morgan fingerprint density at radius 3 is 2.58 bits per heavy atom. The molecule has 0 spiro atoms. The summed E-state index contributed by atoms with van der Waals surface area (Å²) in [5.41, 5.74) is 2.77. The molecule has 0 saturated carbocycles. The van der Waals surface area contributed by atoms with Crippen molar-refractivity contribution in [1.82, 2.24) is 4.57 Å². The number of anilines is 1. The van der Waals surface area contributed by atoms with E-state index in [1.807, 2.05) is 6.20 Å². The van der Waals surface area contributed by atoms with Crippen LogP contribution in [0.15, 0.2) is 66.9 Å². The second kappa shape index (κ2) is 7.10. The van der Waals surface area contributed by atoms with Crippen LogP contribution in [0.25, 0.3) is 0 Å². The maximum atomic E-state index is 13.0. The summed E-state index contributed by atoms with van der Waals surface area (Å²) < 4.78 is 14.8. The summed E-state index contributed by atoms with van der Waals surface area (Å²) in [5, 5.41) is 12.0. The fourth-order valence-electron chi connectivity index (χ4n) is 2.49. The quantitative estimate of drug-likeness (QED) is 0.755. The first-order valence-electron chi connectivity index (χ1n) is 7.56. The van der Waals surface area contributed by atoms with Gasteiger partial charge in [-0.2, -0.15) is 0 Å². The van der Waals surface area contributed by atoms with Gasteiger partial charge in [0.1, 0.15) is 11.5 Å². The van der Waals surface area contributed by atoms with Gasteiger partial charge in [0.05, 0.1) is 6.61 Å². The van der Waals surface area contributed by atoms with Crippen molar-refractivity contribution in [2.75, 3.05) is 5.32 Å². The van der Waals surface area contributed by atoms with E-state index in [1.165, 1.54) is 12.1 Å². The summed E-state index contributed by atoms with van der Waals surface area (Å²) in [4.78, 5) is 12.5. The molecular formula is C19H17FN2O2. The molecule has 0 unspecified atom stereocenters. The van der Waals surface area contributed by atoms with Gasteiger partial charge in [0, 0.05) is 18.4 Å². The van der Waals surface area contributed by atoms with Gasteiger partial charge in [-0.15, -0.1) is 0 Å². The number of hydrogen-bond acceptors (Lipinski definition) is 2. The predicted octanol–water partition coefficient (Wildman–Crippen LogP) is 3.42. The number of nitrogens with one attached hydrogen (secondary N) is 1. The molecule has 0 radical (unpaired) electrons. The highest BCUT2D eigenvalue weighted by Gasteiger charge is 2.11. The molecule has 2 N–H and O–H groups in total. The molecule has 0 aliphatic carbocycles. The third kappa shape index (κ3) is 3.70. The molecule has 4 nitrogen and oxygen atoms in total. The van der Waals surface area contributed by atoms with Crippen molar-refractivity contribution in [2.45, 2.75) is 13.2 Å². The van der Waals surface area contributed by atoms with Crippen LogP contribution < -0.4 is 5.32 Å². The number of aliphatic hydroxyl groups is 1. The lowest BCUT2D eigenvalue weighted by molar-refractivity contribution is 0.101.